The lowest BCUT2D eigenvalue weighted by atomic mass is 10.2. The second-order valence-corrected chi connectivity index (χ2v) is 4.50. The van der Waals surface area contributed by atoms with Crippen LogP contribution in [0.3, 0.4) is 0 Å². The lowest BCUT2D eigenvalue weighted by Crippen LogP contribution is -2.28. The van der Waals surface area contributed by atoms with Crippen molar-refractivity contribution in [3.8, 4) is 0 Å². The van der Waals surface area contributed by atoms with Crippen molar-refractivity contribution in [3.05, 3.63) is 35.9 Å². The van der Waals surface area contributed by atoms with Crippen molar-refractivity contribution in [2.75, 3.05) is 11.9 Å². The second-order valence-electron chi connectivity index (χ2n) is 4.03. The highest BCUT2D eigenvalue weighted by Crippen LogP contribution is 2.34. The van der Waals surface area contributed by atoms with Crippen molar-refractivity contribution in [3.63, 3.8) is 0 Å². The fraction of sp³-hybridized carbons (Fsp3) is 0.273. The number of alkyl halides is 3. The molecule has 0 N–H and O–H groups in total. The van der Waals surface area contributed by atoms with Gasteiger partial charge in [0.05, 0.1) is 23.6 Å². The minimum Gasteiger partial charge on any atom is -0.310 e. The molecule has 0 saturated carbocycles. The van der Waals surface area contributed by atoms with Crippen LogP contribution in [0.1, 0.15) is 16.1 Å². The van der Waals surface area contributed by atoms with Gasteiger partial charge in [-0.2, -0.15) is 24.1 Å². The van der Waals surface area contributed by atoms with Crippen LogP contribution in [0.15, 0.2) is 24.7 Å². The van der Waals surface area contributed by atoms with E-state index in [1.54, 1.807) is 0 Å². The van der Waals surface area contributed by atoms with Crippen LogP contribution < -0.4 is 4.90 Å². The molecule has 2 aromatic rings. The molecule has 0 aliphatic rings. The summed E-state index contributed by atoms with van der Waals surface area (Å²) in [6.45, 7) is 0. The highest BCUT2D eigenvalue weighted by molar-refractivity contribution is 6.22. The van der Waals surface area contributed by atoms with Crippen molar-refractivity contribution in [1.29, 1.82) is 0 Å². The van der Waals surface area contributed by atoms with E-state index in [1.807, 2.05) is 0 Å². The molecule has 6 nitrogen and oxygen atoms in total. The van der Waals surface area contributed by atoms with Gasteiger partial charge in [-0.1, -0.05) is 0 Å². The Balaban J connectivity index is 2.40. The maximum Gasteiger partial charge on any atom is 0.367 e. The summed E-state index contributed by atoms with van der Waals surface area (Å²) in [4.78, 5) is 13.4. The highest BCUT2D eigenvalue weighted by atomic mass is 35.5. The zero-order valence-electron chi connectivity index (χ0n) is 10.6. The van der Waals surface area contributed by atoms with Gasteiger partial charge in [0, 0.05) is 20.3 Å². The Morgan fingerprint density at radius 2 is 2.15 bits per heavy atom. The van der Waals surface area contributed by atoms with Crippen molar-refractivity contribution in [2.45, 2.75) is 5.38 Å². The summed E-state index contributed by atoms with van der Waals surface area (Å²) in [5.74, 6) is -0.665. The molecule has 2 rings (SSSR count). The quantitative estimate of drug-likeness (QED) is 0.811. The number of halogens is 3. The average Bonchev–Trinajstić information content (AvgIpc) is 2.80. The molecule has 2 aromatic heterocycles. The van der Waals surface area contributed by atoms with E-state index >= 15 is 0 Å². The number of rotatable bonds is 3. The van der Waals surface area contributed by atoms with Gasteiger partial charge in [0.2, 0.25) is 0 Å². The third-order valence-corrected chi connectivity index (χ3v) is 2.77. The summed E-state index contributed by atoms with van der Waals surface area (Å²) < 4.78 is 27.6. The molecule has 0 saturated heterocycles. The number of carbonyl (C=O) groups excluding carboxylic acids is 1. The van der Waals surface area contributed by atoms with Gasteiger partial charge in [-0.05, 0) is 17.7 Å². The summed E-state index contributed by atoms with van der Waals surface area (Å²) in [6.07, 6.45) is 3.92. The molecule has 0 atom stereocenters. The van der Waals surface area contributed by atoms with Crippen molar-refractivity contribution in [1.82, 2.24) is 20.0 Å². The zero-order chi connectivity index (χ0) is 14.9. The zero-order valence-corrected chi connectivity index (χ0v) is 11.3. The Hall–Kier alpha value is -2.09. The van der Waals surface area contributed by atoms with Crippen molar-refractivity contribution >= 4 is 23.2 Å². The summed E-state index contributed by atoms with van der Waals surface area (Å²) in [5.41, 5.74) is -0.634. The maximum absolute atomic E-state index is 13.3. The van der Waals surface area contributed by atoms with E-state index in [1.165, 1.54) is 38.8 Å². The fourth-order valence-corrected chi connectivity index (χ4v) is 1.77. The Morgan fingerprint density at radius 3 is 2.70 bits per heavy atom. The van der Waals surface area contributed by atoms with Crippen LogP contribution >= 0.6 is 11.6 Å². The highest BCUT2D eigenvalue weighted by Gasteiger charge is 2.37. The van der Waals surface area contributed by atoms with Crippen LogP contribution in [0.2, 0.25) is 0 Å². The van der Waals surface area contributed by atoms with Crippen molar-refractivity contribution < 1.29 is 13.6 Å². The predicted molar refractivity (Wildman–Crippen MR) is 67.7 cm³/mol. The summed E-state index contributed by atoms with van der Waals surface area (Å²) in [5, 5.41) is 7.01. The molecule has 20 heavy (non-hydrogen) atoms. The topological polar surface area (TPSA) is 63.9 Å². The van der Waals surface area contributed by atoms with Gasteiger partial charge in [-0.25, -0.2) is 0 Å². The number of hydrogen-bond donors (Lipinski definition) is 0. The lowest BCUT2D eigenvalue weighted by molar-refractivity contribution is 0.0842. The standard InChI is InChI=1S/C11H10ClF2N5O/c1-18-6-8(9(17-18)11(12,13)14)10(20)19(2)7-3-4-15-16-5-7/h3-6H,1-2H3. The molecule has 2 heterocycles. The molecule has 0 spiro atoms. The van der Waals surface area contributed by atoms with Crippen LogP contribution in [-0.2, 0) is 12.4 Å². The van der Waals surface area contributed by atoms with Crippen LogP contribution in [-0.4, -0.2) is 32.9 Å². The van der Waals surface area contributed by atoms with Crippen LogP contribution in [0, 0.1) is 0 Å². The number of aryl methyl sites for hydroxylation is 1. The largest absolute Gasteiger partial charge is 0.367 e. The fourth-order valence-electron chi connectivity index (χ4n) is 1.63. The Labute approximate surface area is 118 Å². The normalized spacial score (nSPS) is 11.4. The third kappa shape index (κ3) is 2.74. The van der Waals surface area contributed by atoms with E-state index in [2.05, 4.69) is 15.3 Å². The van der Waals surface area contributed by atoms with Gasteiger partial charge in [-0.3, -0.25) is 9.48 Å². The molecule has 0 aliphatic carbocycles. The first-order chi connectivity index (χ1) is 9.30. The van der Waals surface area contributed by atoms with Crippen LogP contribution in [0.5, 0.6) is 0 Å². The molecule has 0 bridgehead atoms. The number of nitrogens with zero attached hydrogens (tertiary/aromatic N) is 5. The summed E-state index contributed by atoms with van der Waals surface area (Å²) >= 11 is 4.97. The molecule has 0 aliphatic heterocycles. The summed E-state index contributed by atoms with van der Waals surface area (Å²) in [6, 6.07) is 1.53. The second kappa shape index (κ2) is 5.12. The van der Waals surface area contributed by atoms with Gasteiger partial charge >= 0.3 is 5.38 Å². The molecule has 0 fully saturated rings. The van der Waals surface area contributed by atoms with Gasteiger partial charge < -0.3 is 4.90 Å². The minimum atomic E-state index is -3.72. The number of aromatic nitrogens is 4. The van der Waals surface area contributed by atoms with Gasteiger partial charge in [-0.15, -0.1) is 0 Å². The molecule has 106 valence electrons. The smallest absolute Gasteiger partial charge is 0.310 e. The Bertz CT molecular complexity index is 625. The van der Waals surface area contributed by atoms with E-state index in [9.17, 15) is 13.6 Å². The number of hydrogen-bond acceptors (Lipinski definition) is 4. The Morgan fingerprint density at radius 1 is 1.45 bits per heavy atom. The van der Waals surface area contributed by atoms with Crippen LogP contribution in [0.4, 0.5) is 14.5 Å². The third-order valence-electron chi connectivity index (χ3n) is 2.59. The molecule has 9 heteroatoms. The number of carbonyl (C=O) groups is 1. The maximum atomic E-state index is 13.3. The monoisotopic (exact) mass is 301 g/mol. The molecule has 0 unspecified atom stereocenters. The Kier molecular flexibility index (Phi) is 3.67. The first-order valence-corrected chi connectivity index (χ1v) is 5.84. The molecule has 0 radical (unpaired) electrons. The SMILES string of the molecule is CN(C(=O)c1cn(C)nc1C(F)(F)Cl)c1ccnnc1. The average molecular weight is 302 g/mol. The molecule has 1 amide bonds. The number of amides is 1. The minimum absolute atomic E-state index is 0.271. The summed E-state index contributed by atoms with van der Waals surface area (Å²) in [7, 11) is 2.86. The van der Waals surface area contributed by atoms with E-state index in [4.69, 9.17) is 11.6 Å². The molecular weight excluding hydrogens is 292 g/mol. The number of anilines is 1. The van der Waals surface area contributed by atoms with E-state index in [-0.39, 0.29) is 5.56 Å². The predicted octanol–water partition coefficient (Wildman–Crippen LogP) is 1.77. The van der Waals surface area contributed by atoms with Gasteiger partial charge in [0.1, 0.15) is 0 Å². The first-order valence-electron chi connectivity index (χ1n) is 5.46. The molecule has 0 aromatic carbocycles. The van der Waals surface area contributed by atoms with Crippen LogP contribution in [0.25, 0.3) is 0 Å². The first kappa shape index (κ1) is 14.3. The van der Waals surface area contributed by atoms with E-state index in [0.717, 1.165) is 9.58 Å². The van der Waals surface area contributed by atoms with Gasteiger partial charge in [0.15, 0.2) is 5.69 Å². The molecular formula is C11H10ClF2N5O. The van der Waals surface area contributed by atoms with Gasteiger partial charge in [0.25, 0.3) is 5.91 Å². The van der Waals surface area contributed by atoms with E-state index in [0.29, 0.717) is 5.69 Å². The lowest BCUT2D eigenvalue weighted by Gasteiger charge is -2.16. The van der Waals surface area contributed by atoms with E-state index < -0.39 is 17.0 Å². The van der Waals surface area contributed by atoms with Crippen molar-refractivity contribution in [2.24, 2.45) is 7.05 Å².